The summed E-state index contributed by atoms with van der Waals surface area (Å²) in [6.45, 7) is 2.91. The fourth-order valence-electron chi connectivity index (χ4n) is 3.65. The molecule has 1 fully saturated rings. The van der Waals surface area contributed by atoms with Crippen LogP contribution in [0, 0.1) is 0 Å². The maximum absolute atomic E-state index is 13.1. The summed E-state index contributed by atoms with van der Waals surface area (Å²) < 4.78 is 17.0. The van der Waals surface area contributed by atoms with E-state index in [4.69, 9.17) is 25.8 Å². The van der Waals surface area contributed by atoms with Crippen LogP contribution in [0.3, 0.4) is 0 Å². The van der Waals surface area contributed by atoms with Crippen LogP contribution in [0.2, 0.25) is 5.02 Å². The lowest BCUT2D eigenvalue weighted by molar-refractivity contribution is -0.132. The number of amides is 1. The molecule has 0 spiro atoms. The molecule has 28 heavy (non-hydrogen) atoms. The highest BCUT2D eigenvalue weighted by Crippen LogP contribution is 2.38. The van der Waals surface area contributed by atoms with Gasteiger partial charge in [0, 0.05) is 19.7 Å². The summed E-state index contributed by atoms with van der Waals surface area (Å²) >= 11 is 6.33. The average molecular weight is 402 g/mol. The van der Waals surface area contributed by atoms with Gasteiger partial charge in [-0.1, -0.05) is 41.9 Å². The molecular weight excluding hydrogens is 378 g/mol. The highest BCUT2D eigenvalue weighted by Gasteiger charge is 2.24. The maximum Gasteiger partial charge on any atom is 0.227 e. The first-order chi connectivity index (χ1) is 13.7. The third-order valence-corrected chi connectivity index (χ3v) is 5.31. The van der Waals surface area contributed by atoms with E-state index in [0.29, 0.717) is 42.8 Å². The minimum absolute atomic E-state index is 0.0482. The van der Waals surface area contributed by atoms with E-state index in [2.05, 4.69) is 0 Å². The molecule has 0 saturated carbocycles. The van der Waals surface area contributed by atoms with Crippen molar-refractivity contribution in [3.05, 3.63) is 58.6 Å². The van der Waals surface area contributed by atoms with Gasteiger partial charge < -0.3 is 19.1 Å². The number of benzene rings is 2. The predicted octanol–water partition coefficient (Wildman–Crippen LogP) is 3.86. The van der Waals surface area contributed by atoms with Gasteiger partial charge in [-0.3, -0.25) is 4.79 Å². The van der Waals surface area contributed by atoms with Crippen molar-refractivity contribution in [1.29, 1.82) is 0 Å². The molecule has 2 aliphatic rings. The predicted molar refractivity (Wildman–Crippen MR) is 107 cm³/mol. The molecule has 0 unspecified atom stereocenters. The second-order valence-corrected chi connectivity index (χ2v) is 7.58. The van der Waals surface area contributed by atoms with Gasteiger partial charge >= 0.3 is 0 Å². The molecule has 1 saturated heterocycles. The van der Waals surface area contributed by atoms with E-state index in [0.717, 1.165) is 30.6 Å². The Kier molecular flexibility index (Phi) is 6.03. The van der Waals surface area contributed by atoms with Crippen molar-refractivity contribution in [2.75, 3.05) is 26.4 Å². The lowest BCUT2D eigenvalue weighted by atomic mass is 10.1. The van der Waals surface area contributed by atoms with Crippen molar-refractivity contribution in [3.63, 3.8) is 0 Å². The molecule has 0 radical (unpaired) electrons. The molecule has 1 amide bonds. The van der Waals surface area contributed by atoms with Crippen LogP contribution in [0.25, 0.3) is 0 Å². The summed E-state index contributed by atoms with van der Waals surface area (Å²) in [5, 5.41) is 0.480. The largest absolute Gasteiger partial charge is 0.486 e. The number of carbonyl (C=O) groups excluding carboxylic acids is 1. The summed E-state index contributed by atoms with van der Waals surface area (Å²) in [6.07, 6.45) is 2.41. The summed E-state index contributed by atoms with van der Waals surface area (Å²) in [4.78, 5) is 15.0. The molecule has 5 nitrogen and oxygen atoms in total. The highest BCUT2D eigenvalue weighted by molar-refractivity contribution is 6.32. The van der Waals surface area contributed by atoms with E-state index < -0.39 is 0 Å². The normalized spacial score (nSPS) is 18.1. The highest BCUT2D eigenvalue weighted by atomic mass is 35.5. The molecule has 2 aliphatic heterocycles. The fourth-order valence-corrected chi connectivity index (χ4v) is 3.93. The van der Waals surface area contributed by atoms with Crippen molar-refractivity contribution in [3.8, 4) is 11.5 Å². The third kappa shape index (κ3) is 4.59. The van der Waals surface area contributed by atoms with Gasteiger partial charge in [0.25, 0.3) is 0 Å². The summed E-state index contributed by atoms with van der Waals surface area (Å²) in [5.74, 6) is 1.21. The summed E-state index contributed by atoms with van der Waals surface area (Å²) in [5.41, 5.74) is 1.93. The Morgan fingerprint density at radius 3 is 2.68 bits per heavy atom. The van der Waals surface area contributed by atoms with Gasteiger partial charge in [0.15, 0.2) is 11.5 Å². The molecule has 148 valence electrons. The van der Waals surface area contributed by atoms with E-state index in [9.17, 15) is 4.79 Å². The topological polar surface area (TPSA) is 48.0 Å². The van der Waals surface area contributed by atoms with Crippen LogP contribution >= 0.6 is 11.6 Å². The molecule has 0 aliphatic carbocycles. The van der Waals surface area contributed by atoms with Crippen LogP contribution in [0.5, 0.6) is 11.5 Å². The SMILES string of the molecule is O=C(Cc1cc(Cl)c2c(c1)OCCO2)N(Cc1ccccc1)C[C@H]1CCCO1. The van der Waals surface area contributed by atoms with Crippen LogP contribution < -0.4 is 9.47 Å². The van der Waals surface area contributed by atoms with Crippen molar-refractivity contribution in [1.82, 2.24) is 4.90 Å². The van der Waals surface area contributed by atoms with Gasteiger partial charge in [-0.25, -0.2) is 0 Å². The Morgan fingerprint density at radius 1 is 1.07 bits per heavy atom. The Bertz CT molecular complexity index is 821. The first kappa shape index (κ1) is 19.1. The average Bonchev–Trinajstić information content (AvgIpc) is 3.21. The Morgan fingerprint density at radius 2 is 1.89 bits per heavy atom. The van der Waals surface area contributed by atoms with Gasteiger partial charge in [-0.2, -0.15) is 0 Å². The molecule has 4 rings (SSSR count). The zero-order chi connectivity index (χ0) is 19.3. The second-order valence-electron chi connectivity index (χ2n) is 7.17. The van der Waals surface area contributed by atoms with Crippen LogP contribution in [-0.2, 0) is 22.5 Å². The molecule has 2 heterocycles. The lowest BCUT2D eigenvalue weighted by Crippen LogP contribution is -2.37. The molecule has 0 aromatic heterocycles. The van der Waals surface area contributed by atoms with Crippen LogP contribution in [0.15, 0.2) is 42.5 Å². The quantitative estimate of drug-likeness (QED) is 0.737. The molecule has 1 atom stereocenters. The zero-order valence-corrected chi connectivity index (χ0v) is 16.5. The maximum atomic E-state index is 13.1. The molecule has 6 heteroatoms. The summed E-state index contributed by atoms with van der Waals surface area (Å²) in [7, 11) is 0. The number of fused-ring (bicyclic) bond motifs is 1. The minimum Gasteiger partial charge on any atom is -0.486 e. The number of hydrogen-bond donors (Lipinski definition) is 0. The number of ether oxygens (including phenoxy) is 3. The van der Waals surface area contributed by atoms with Crippen molar-refractivity contribution in [2.45, 2.75) is 31.9 Å². The van der Waals surface area contributed by atoms with E-state index in [1.807, 2.05) is 41.3 Å². The Balaban J connectivity index is 1.50. The van der Waals surface area contributed by atoms with Crippen LogP contribution in [0.1, 0.15) is 24.0 Å². The summed E-state index contributed by atoms with van der Waals surface area (Å²) in [6, 6.07) is 13.7. The van der Waals surface area contributed by atoms with Crippen molar-refractivity contribution < 1.29 is 19.0 Å². The third-order valence-electron chi connectivity index (χ3n) is 5.03. The Labute approximate surface area is 170 Å². The Hall–Kier alpha value is -2.24. The fraction of sp³-hybridized carbons (Fsp3) is 0.409. The number of nitrogens with zero attached hydrogens (tertiary/aromatic N) is 1. The smallest absolute Gasteiger partial charge is 0.227 e. The number of halogens is 1. The van der Waals surface area contributed by atoms with Crippen LogP contribution in [-0.4, -0.2) is 43.3 Å². The number of carbonyl (C=O) groups is 1. The van der Waals surface area contributed by atoms with Gasteiger partial charge in [0.05, 0.1) is 17.5 Å². The number of hydrogen-bond acceptors (Lipinski definition) is 4. The first-order valence-corrected chi connectivity index (χ1v) is 10.1. The van der Waals surface area contributed by atoms with Gasteiger partial charge in [0.2, 0.25) is 5.91 Å². The number of rotatable bonds is 6. The van der Waals surface area contributed by atoms with E-state index in [-0.39, 0.29) is 18.4 Å². The van der Waals surface area contributed by atoms with E-state index >= 15 is 0 Å². The van der Waals surface area contributed by atoms with Crippen LogP contribution in [0.4, 0.5) is 0 Å². The van der Waals surface area contributed by atoms with E-state index in [1.54, 1.807) is 6.07 Å². The van der Waals surface area contributed by atoms with E-state index in [1.165, 1.54) is 0 Å². The van der Waals surface area contributed by atoms with Gasteiger partial charge in [0.1, 0.15) is 13.2 Å². The van der Waals surface area contributed by atoms with Crippen molar-refractivity contribution in [2.24, 2.45) is 0 Å². The molecule has 0 N–H and O–H groups in total. The molecular formula is C22H24ClNO4. The first-order valence-electron chi connectivity index (χ1n) is 9.70. The molecule has 2 aromatic carbocycles. The monoisotopic (exact) mass is 401 g/mol. The molecule has 0 bridgehead atoms. The second kappa shape index (κ2) is 8.84. The zero-order valence-electron chi connectivity index (χ0n) is 15.7. The van der Waals surface area contributed by atoms with Gasteiger partial charge in [-0.05, 0) is 36.1 Å². The minimum atomic E-state index is 0.0482. The standard InChI is InChI=1S/C22H24ClNO4/c23-19-11-17(12-20-22(19)28-10-9-27-20)13-21(25)24(15-18-7-4-8-26-18)14-16-5-2-1-3-6-16/h1-3,5-6,11-12,18H,4,7-10,13-15H2/t18-/m1/s1. The molecule has 2 aromatic rings. The lowest BCUT2D eigenvalue weighted by Gasteiger charge is -2.26. The van der Waals surface area contributed by atoms with Crippen molar-refractivity contribution >= 4 is 17.5 Å². The van der Waals surface area contributed by atoms with Gasteiger partial charge in [-0.15, -0.1) is 0 Å².